The lowest BCUT2D eigenvalue weighted by molar-refractivity contribution is 0.202. The van der Waals surface area contributed by atoms with Crippen molar-refractivity contribution in [2.24, 2.45) is 0 Å². The van der Waals surface area contributed by atoms with Crippen LogP contribution in [-0.2, 0) is 6.42 Å². The summed E-state index contributed by atoms with van der Waals surface area (Å²) < 4.78 is 0. The zero-order valence-electron chi connectivity index (χ0n) is 8.92. The van der Waals surface area contributed by atoms with Crippen molar-refractivity contribution in [1.29, 1.82) is 0 Å². The van der Waals surface area contributed by atoms with Gasteiger partial charge in [-0.25, -0.2) is 0 Å². The van der Waals surface area contributed by atoms with Crippen LogP contribution in [0.15, 0.2) is 29.8 Å². The number of hydrogen-bond acceptors (Lipinski definition) is 1. The van der Waals surface area contributed by atoms with Crippen LogP contribution in [0, 0.1) is 0 Å². The third-order valence-electron chi connectivity index (χ3n) is 2.85. The quantitative estimate of drug-likeness (QED) is 0.794. The maximum absolute atomic E-state index is 9.55. The molecule has 1 aromatic carbocycles. The maximum atomic E-state index is 9.55. The summed E-state index contributed by atoms with van der Waals surface area (Å²) in [6, 6.07) is 5.50. The molecule has 0 heterocycles. The Morgan fingerprint density at radius 1 is 1.31 bits per heavy atom. The molecule has 0 amide bonds. The van der Waals surface area contributed by atoms with Crippen molar-refractivity contribution < 1.29 is 5.11 Å². The van der Waals surface area contributed by atoms with Crippen LogP contribution < -0.4 is 0 Å². The van der Waals surface area contributed by atoms with Gasteiger partial charge in [-0.1, -0.05) is 34.9 Å². The molecule has 3 heteroatoms. The van der Waals surface area contributed by atoms with Crippen LogP contribution >= 0.6 is 23.2 Å². The molecule has 0 radical (unpaired) electrons. The molecule has 1 atom stereocenters. The van der Waals surface area contributed by atoms with E-state index in [1.807, 2.05) is 18.2 Å². The molecule has 1 N–H and O–H groups in total. The van der Waals surface area contributed by atoms with Gasteiger partial charge in [0.2, 0.25) is 0 Å². The summed E-state index contributed by atoms with van der Waals surface area (Å²) in [6.07, 6.45) is 5.40. The third-order valence-corrected chi connectivity index (χ3v) is 3.45. The Kier molecular flexibility index (Phi) is 3.91. The van der Waals surface area contributed by atoms with Gasteiger partial charge in [-0.2, -0.15) is 0 Å². The van der Waals surface area contributed by atoms with Gasteiger partial charge >= 0.3 is 0 Å². The molecule has 0 fully saturated rings. The number of aliphatic hydroxyl groups is 1. The highest BCUT2D eigenvalue weighted by Crippen LogP contribution is 2.27. The molecule has 16 heavy (non-hydrogen) atoms. The molecule has 1 aliphatic rings. The van der Waals surface area contributed by atoms with Gasteiger partial charge in [0.15, 0.2) is 0 Å². The molecule has 0 saturated carbocycles. The zero-order valence-corrected chi connectivity index (χ0v) is 10.4. The van der Waals surface area contributed by atoms with E-state index in [4.69, 9.17) is 23.2 Å². The lowest BCUT2D eigenvalue weighted by Gasteiger charge is -2.17. The van der Waals surface area contributed by atoms with Crippen molar-refractivity contribution in [3.05, 3.63) is 45.5 Å². The van der Waals surface area contributed by atoms with Gasteiger partial charge in [-0.15, -0.1) is 0 Å². The van der Waals surface area contributed by atoms with E-state index in [9.17, 15) is 5.11 Å². The van der Waals surface area contributed by atoms with Crippen molar-refractivity contribution in [1.82, 2.24) is 0 Å². The highest BCUT2D eigenvalue weighted by atomic mass is 35.5. The highest BCUT2D eigenvalue weighted by molar-refractivity contribution is 6.33. The number of benzene rings is 1. The summed E-state index contributed by atoms with van der Waals surface area (Å²) in [5, 5.41) is 11.0. The van der Waals surface area contributed by atoms with Gasteiger partial charge in [0.25, 0.3) is 0 Å². The summed E-state index contributed by atoms with van der Waals surface area (Å²) in [7, 11) is 0. The van der Waals surface area contributed by atoms with E-state index in [-0.39, 0.29) is 6.10 Å². The van der Waals surface area contributed by atoms with E-state index in [0.717, 1.165) is 36.3 Å². The second-order valence-electron chi connectivity index (χ2n) is 4.20. The molecular weight excluding hydrogens is 243 g/mol. The van der Waals surface area contributed by atoms with E-state index >= 15 is 0 Å². The minimum Gasteiger partial charge on any atom is -0.389 e. The normalized spacial score (nSPS) is 20.7. The summed E-state index contributed by atoms with van der Waals surface area (Å²) in [5.41, 5.74) is 2.29. The first-order valence-corrected chi connectivity index (χ1v) is 6.22. The minimum absolute atomic E-state index is 0.290. The van der Waals surface area contributed by atoms with Gasteiger partial charge in [0.05, 0.1) is 6.10 Å². The van der Waals surface area contributed by atoms with Crippen molar-refractivity contribution in [2.45, 2.75) is 31.8 Å². The molecule has 2 rings (SSSR count). The van der Waals surface area contributed by atoms with Crippen molar-refractivity contribution >= 4 is 23.2 Å². The first-order valence-electron chi connectivity index (χ1n) is 5.47. The van der Waals surface area contributed by atoms with E-state index in [2.05, 4.69) is 0 Å². The molecule has 0 bridgehead atoms. The van der Waals surface area contributed by atoms with Crippen LogP contribution in [0.4, 0.5) is 0 Å². The third kappa shape index (κ3) is 3.00. The fourth-order valence-corrected chi connectivity index (χ4v) is 2.43. The molecule has 1 aromatic rings. The first-order chi connectivity index (χ1) is 7.65. The average molecular weight is 257 g/mol. The maximum Gasteiger partial charge on any atom is 0.0723 e. The van der Waals surface area contributed by atoms with Crippen LogP contribution in [0.5, 0.6) is 0 Å². The van der Waals surface area contributed by atoms with E-state index in [1.54, 1.807) is 6.07 Å². The number of rotatable bonds is 2. The van der Waals surface area contributed by atoms with E-state index in [0.29, 0.717) is 5.02 Å². The fraction of sp³-hybridized carbons (Fsp3) is 0.385. The van der Waals surface area contributed by atoms with E-state index in [1.165, 1.54) is 5.57 Å². The minimum atomic E-state index is -0.290. The van der Waals surface area contributed by atoms with Gasteiger partial charge < -0.3 is 5.11 Å². The number of allylic oxidation sites excluding steroid dienone is 1. The van der Waals surface area contributed by atoms with E-state index < -0.39 is 0 Å². The van der Waals surface area contributed by atoms with Gasteiger partial charge in [-0.3, -0.25) is 0 Å². The van der Waals surface area contributed by atoms with Gasteiger partial charge in [0.1, 0.15) is 0 Å². The van der Waals surface area contributed by atoms with Crippen LogP contribution in [0.1, 0.15) is 24.8 Å². The summed E-state index contributed by atoms with van der Waals surface area (Å²) in [4.78, 5) is 0. The van der Waals surface area contributed by atoms with Crippen LogP contribution in [-0.4, -0.2) is 11.2 Å². The Morgan fingerprint density at radius 3 is 2.88 bits per heavy atom. The monoisotopic (exact) mass is 256 g/mol. The van der Waals surface area contributed by atoms with Crippen molar-refractivity contribution in [3.8, 4) is 0 Å². The molecule has 1 aliphatic carbocycles. The highest BCUT2D eigenvalue weighted by Gasteiger charge is 2.12. The van der Waals surface area contributed by atoms with Gasteiger partial charge in [-0.05, 0) is 49.4 Å². The Morgan fingerprint density at radius 2 is 2.12 bits per heavy atom. The summed E-state index contributed by atoms with van der Waals surface area (Å²) in [6.45, 7) is 0. The molecule has 0 aromatic heterocycles. The predicted molar refractivity (Wildman–Crippen MR) is 68.1 cm³/mol. The van der Waals surface area contributed by atoms with Crippen molar-refractivity contribution in [3.63, 3.8) is 0 Å². The average Bonchev–Trinajstić information content (AvgIpc) is 2.24. The largest absolute Gasteiger partial charge is 0.389 e. The Bertz CT molecular complexity index is 412. The lowest BCUT2D eigenvalue weighted by Crippen LogP contribution is -2.10. The summed E-state index contributed by atoms with van der Waals surface area (Å²) >= 11 is 12.0. The van der Waals surface area contributed by atoms with Crippen molar-refractivity contribution in [2.75, 3.05) is 0 Å². The summed E-state index contributed by atoms with van der Waals surface area (Å²) in [5.74, 6) is 0. The fourth-order valence-electron chi connectivity index (χ4n) is 2.05. The molecule has 86 valence electrons. The zero-order chi connectivity index (χ0) is 11.5. The van der Waals surface area contributed by atoms with Gasteiger partial charge in [0, 0.05) is 10.0 Å². The van der Waals surface area contributed by atoms with Crippen LogP contribution in [0.2, 0.25) is 10.0 Å². The SMILES string of the molecule is OC1C=C(Cc2cc(Cl)ccc2Cl)CCC1. The van der Waals surface area contributed by atoms with Crippen LogP contribution in [0.3, 0.4) is 0 Å². The second-order valence-corrected chi connectivity index (χ2v) is 5.04. The molecule has 0 saturated heterocycles. The Labute approximate surface area is 106 Å². The number of aliphatic hydroxyl groups excluding tert-OH is 1. The van der Waals surface area contributed by atoms with Crippen LogP contribution in [0.25, 0.3) is 0 Å². The number of halogens is 2. The Balaban J connectivity index is 2.17. The standard InChI is InChI=1S/C13H14Cl2O/c14-11-4-5-13(15)10(8-11)6-9-2-1-3-12(16)7-9/h4-5,7-8,12,16H,1-3,6H2. The lowest BCUT2D eigenvalue weighted by atomic mass is 9.93. The number of hydrogen-bond donors (Lipinski definition) is 1. The molecule has 1 nitrogen and oxygen atoms in total. The Hall–Kier alpha value is -0.500. The molecule has 0 spiro atoms. The predicted octanol–water partition coefficient (Wildman–Crippen LogP) is 4.01. The smallest absolute Gasteiger partial charge is 0.0723 e. The molecule has 0 aliphatic heterocycles. The molecule has 1 unspecified atom stereocenters. The second kappa shape index (κ2) is 5.22. The molecular formula is C13H14Cl2O. The topological polar surface area (TPSA) is 20.2 Å². The first kappa shape index (κ1) is 12.0.